The SMILES string of the molecule is C=C(O)C1C(COC)c2c(cc(C(C)(C)C)c3ccccc23)-c2cc(-c3nccc4ccsc34)cc[n+]21. The van der Waals surface area contributed by atoms with Crippen LogP contribution in [-0.4, -0.2) is 23.8 Å². The summed E-state index contributed by atoms with van der Waals surface area (Å²) in [6, 6.07) is 19.1. The number of allylic oxidation sites excluding steroid dienone is 1. The molecule has 4 nitrogen and oxygen atoms in total. The van der Waals surface area contributed by atoms with Gasteiger partial charge in [0.1, 0.15) is 0 Å². The molecular formula is C32H31N2O2S+. The number of aromatic nitrogens is 2. The third kappa shape index (κ3) is 3.76. The van der Waals surface area contributed by atoms with E-state index in [1.807, 2.05) is 6.20 Å². The van der Waals surface area contributed by atoms with Crippen molar-refractivity contribution in [3.63, 3.8) is 0 Å². The van der Waals surface area contributed by atoms with Crippen LogP contribution < -0.4 is 4.57 Å². The Morgan fingerprint density at radius 2 is 1.89 bits per heavy atom. The zero-order valence-corrected chi connectivity index (χ0v) is 22.5. The molecule has 1 aliphatic heterocycles. The maximum atomic E-state index is 10.9. The van der Waals surface area contributed by atoms with E-state index in [1.165, 1.54) is 37.5 Å². The fourth-order valence-electron chi connectivity index (χ4n) is 5.95. The van der Waals surface area contributed by atoms with Gasteiger partial charge in [0.05, 0.1) is 28.5 Å². The molecule has 5 aromatic rings. The van der Waals surface area contributed by atoms with Crippen LogP contribution in [0.3, 0.4) is 0 Å². The molecule has 0 amide bonds. The molecular weight excluding hydrogens is 476 g/mol. The van der Waals surface area contributed by atoms with Crippen molar-refractivity contribution in [2.24, 2.45) is 0 Å². The van der Waals surface area contributed by atoms with E-state index in [0.717, 1.165) is 17.0 Å². The Morgan fingerprint density at radius 3 is 2.62 bits per heavy atom. The fraction of sp³-hybridized carbons (Fsp3) is 0.250. The number of benzene rings is 2. The van der Waals surface area contributed by atoms with Crippen LogP contribution in [0.1, 0.15) is 43.9 Å². The number of methoxy groups -OCH3 is 1. The summed E-state index contributed by atoms with van der Waals surface area (Å²) in [5, 5.41) is 16.7. The molecule has 0 aliphatic carbocycles. The van der Waals surface area contributed by atoms with Gasteiger partial charge in [0.15, 0.2) is 12.0 Å². The Labute approximate surface area is 221 Å². The van der Waals surface area contributed by atoms with Gasteiger partial charge in [-0.15, -0.1) is 11.3 Å². The van der Waals surface area contributed by atoms with Crippen LogP contribution in [-0.2, 0) is 10.2 Å². The molecule has 0 saturated carbocycles. The van der Waals surface area contributed by atoms with E-state index < -0.39 is 0 Å². The van der Waals surface area contributed by atoms with Crippen LogP contribution >= 0.6 is 11.3 Å². The maximum absolute atomic E-state index is 10.9. The number of rotatable bonds is 4. The molecule has 186 valence electrons. The molecule has 1 N–H and O–H groups in total. The third-order valence-electron chi connectivity index (χ3n) is 7.54. The number of ether oxygens (including phenoxy) is 1. The maximum Gasteiger partial charge on any atom is 0.223 e. The number of hydrogen-bond donors (Lipinski definition) is 1. The third-order valence-corrected chi connectivity index (χ3v) is 8.47. The first-order valence-electron chi connectivity index (χ1n) is 12.6. The molecule has 0 radical (unpaired) electrons. The first-order chi connectivity index (χ1) is 17.8. The van der Waals surface area contributed by atoms with Crippen molar-refractivity contribution >= 4 is 32.2 Å². The fourth-order valence-corrected chi connectivity index (χ4v) is 6.85. The summed E-state index contributed by atoms with van der Waals surface area (Å²) in [5.41, 5.74) is 6.71. The number of fused-ring (bicyclic) bond motifs is 6. The Hall–Kier alpha value is -3.54. The van der Waals surface area contributed by atoms with Gasteiger partial charge in [-0.25, -0.2) is 0 Å². The van der Waals surface area contributed by atoms with Crippen molar-refractivity contribution in [3.8, 4) is 22.5 Å². The number of aliphatic hydroxyl groups is 1. The Morgan fingerprint density at radius 1 is 1.11 bits per heavy atom. The Kier molecular flexibility index (Phi) is 5.66. The largest absolute Gasteiger partial charge is 0.506 e. The minimum atomic E-state index is -0.342. The summed E-state index contributed by atoms with van der Waals surface area (Å²) >= 11 is 1.71. The minimum absolute atomic E-state index is 0.0463. The van der Waals surface area contributed by atoms with E-state index in [9.17, 15) is 5.11 Å². The van der Waals surface area contributed by atoms with Crippen molar-refractivity contribution in [1.29, 1.82) is 0 Å². The summed E-state index contributed by atoms with van der Waals surface area (Å²) in [6.45, 7) is 11.3. The highest BCUT2D eigenvalue weighted by Crippen LogP contribution is 2.47. The van der Waals surface area contributed by atoms with E-state index >= 15 is 0 Å². The number of nitrogens with zero attached hydrogens (tertiary/aromatic N) is 2. The molecule has 0 bridgehead atoms. The quantitative estimate of drug-likeness (QED) is 0.200. The van der Waals surface area contributed by atoms with Gasteiger partial charge in [-0.1, -0.05) is 51.6 Å². The predicted molar refractivity (Wildman–Crippen MR) is 152 cm³/mol. The molecule has 1 aliphatic rings. The van der Waals surface area contributed by atoms with Crippen molar-refractivity contribution in [2.45, 2.75) is 38.1 Å². The molecule has 2 atom stereocenters. The van der Waals surface area contributed by atoms with E-state index in [4.69, 9.17) is 9.72 Å². The molecule has 0 saturated heterocycles. The van der Waals surface area contributed by atoms with Gasteiger partial charge < -0.3 is 9.84 Å². The topological polar surface area (TPSA) is 46.2 Å². The minimum Gasteiger partial charge on any atom is -0.506 e. The monoisotopic (exact) mass is 507 g/mol. The summed E-state index contributed by atoms with van der Waals surface area (Å²) in [4.78, 5) is 4.77. The molecule has 4 heterocycles. The van der Waals surface area contributed by atoms with Crippen molar-refractivity contribution in [3.05, 3.63) is 95.8 Å². The van der Waals surface area contributed by atoms with E-state index in [-0.39, 0.29) is 23.1 Å². The second-order valence-corrected chi connectivity index (χ2v) is 11.8. The molecule has 0 spiro atoms. The Balaban J connectivity index is 1.71. The van der Waals surface area contributed by atoms with Gasteiger partial charge in [0, 0.05) is 31.0 Å². The molecule has 0 fully saturated rings. The summed E-state index contributed by atoms with van der Waals surface area (Å²) in [7, 11) is 1.72. The lowest BCUT2D eigenvalue weighted by Crippen LogP contribution is -2.49. The van der Waals surface area contributed by atoms with Crippen LogP contribution in [0, 0.1) is 0 Å². The lowest BCUT2D eigenvalue weighted by atomic mass is 9.75. The van der Waals surface area contributed by atoms with Crippen molar-refractivity contribution in [2.75, 3.05) is 13.7 Å². The molecule has 2 unspecified atom stereocenters. The summed E-state index contributed by atoms with van der Waals surface area (Å²) in [5.74, 6) is 0.0489. The van der Waals surface area contributed by atoms with Crippen LogP contribution in [0.2, 0.25) is 0 Å². The second-order valence-electron chi connectivity index (χ2n) is 10.9. The van der Waals surface area contributed by atoms with Crippen LogP contribution in [0.15, 0.2) is 84.7 Å². The highest BCUT2D eigenvalue weighted by atomic mass is 32.1. The lowest BCUT2D eigenvalue weighted by Gasteiger charge is -2.33. The van der Waals surface area contributed by atoms with E-state index in [2.05, 4.69) is 98.1 Å². The number of aliphatic hydroxyl groups excluding tert-OH is 1. The zero-order valence-electron chi connectivity index (χ0n) is 21.7. The van der Waals surface area contributed by atoms with Gasteiger partial charge >= 0.3 is 0 Å². The number of thiophene rings is 1. The Bertz CT molecular complexity index is 1680. The second kappa shape index (κ2) is 8.79. The van der Waals surface area contributed by atoms with E-state index in [0.29, 0.717) is 6.61 Å². The zero-order chi connectivity index (χ0) is 25.9. The average molecular weight is 508 g/mol. The van der Waals surface area contributed by atoms with Crippen LogP contribution in [0.25, 0.3) is 43.4 Å². The van der Waals surface area contributed by atoms with Gasteiger partial charge in [-0.05, 0) is 56.3 Å². The lowest BCUT2D eigenvalue weighted by molar-refractivity contribution is -0.712. The summed E-state index contributed by atoms with van der Waals surface area (Å²) < 4.78 is 9.08. The van der Waals surface area contributed by atoms with Gasteiger partial charge in [-0.3, -0.25) is 4.98 Å². The van der Waals surface area contributed by atoms with Crippen molar-refractivity contribution in [1.82, 2.24) is 4.98 Å². The normalized spacial score (nSPS) is 17.1. The van der Waals surface area contributed by atoms with Crippen LogP contribution in [0.5, 0.6) is 0 Å². The van der Waals surface area contributed by atoms with Gasteiger partial charge in [0.2, 0.25) is 11.7 Å². The molecule has 37 heavy (non-hydrogen) atoms. The first kappa shape index (κ1) is 23.8. The standard InChI is InChI=1S/C32H30N2O2S/c1-19(35)30-25(18-36-5)28-23-9-7-6-8-22(23)26(32(2,3)4)17-24(28)27-16-21(11-14-34(27)30)29-31-20(10-13-33-29)12-15-37-31/h6-17,25,30H,1,18H2,2-5H3/p+1. The average Bonchev–Trinajstić information content (AvgIpc) is 3.36. The highest BCUT2D eigenvalue weighted by molar-refractivity contribution is 7.17. The molecule has 6 rings (SSSR count). The molecule has 5 heteroatoms. The van der Waals surface area contributed by atoms with E-state index in [1.54, 1.807) is 18.4 Å². The summed E-state index contributed by atoms with van der Waals surface area (Å²) in [6.07, 6.45) is 3.95. The number of pyridine rings is 2. The first-order valence-corrected chi connectivity index (χ1v) is 13.5. The van der Waals surface area contributed by atoms with Crippen molar-refractivity contribution < 1.29 is 14.4 Å². The molecule has 3 aromatic heterocycles. The van der Waals surface area contributed by atoms with Gasteiger partial charge in [0.25, 0.3) is 0 Å². The highest BCUT2D eigenvalue weighted by Gasteiger charge is 2.44. The van der Waals surface area contributed by atoms with Crippen LogP contribution in [0.4, 0.5) is 0 Å². The smallest absolute Gasteiger partial charge is 0.223 e. The predicted octanol–water partition coefficient (Wildman–Crippen LogP) is 7.72. The van der Waals surface area contributed by atoms with Gasteiger partial charge in [-0.2, -0.15) is 4.57 Å². The number of hydrogen-bond acceptors (Lipinski definition) is 4. The molecule has 2 aromatic carbocycles.